The van der Waals surface area contributed by atoms with Gasteiger partial charge in [-0.2, -0.15) is 0 Å². The largest absolute Gasteiger partial charge is 0.496 e. The molecule has 0 bridgehead atoms. The zero-order chi connectivity index (χ0) is 20.6. The van der Waals surface area contributed by atoms with E-state index in [4.69, 9.17) is 4.74 Å². The second-order valence-corrected chi connectivity index (χ2v) is 8.18. The van der Waals surface area contributed by atoms with Gasteiger partial charge in [-0.15, -0.1) is 0 Å². The van der Waals surface area contributed by atoms with Crippen LogP contribution in [-0.4, -0.2) is 42.6 Å². The molecule has 0 saturated carbocycles. The van der Waals surface area contributed by atoms with Gasteiger partial charge in [0.2, 0.25) is 0 Å². The van der Waals surface area contributed by atoms with Crippen LogP contribution in [0.4, 0.5) is 0 Å². The first-order valence-electron chi connectivity index (χ1n) is 11.0. The summed E-state index contributed by atoms with van der Waals surface area (Å²) >= 11 is 0. The summed E-state index contributed by atoms with van der Waals surface area (Å²) in [4.78, 5) is 5.29. The number of benzene rings is 3. The number of rotatable bonds is 8. The van der Waals surface area contributed by atoms with Crippen LogP contribution in [0.3, 0.4) is 0 Å². The lowest BCUT2D eigenvalue weighted by Crippen LogP contribution is -2.52. The van der Waals surface area contributed by atoms with E-state index in [1.807, 2.05) is 6.07 Å². The number of methoxy groups -OCH3 is 1. The molecule has 1 aliphatic heterocycles. The van der Waals surface area contributed by atoms with Gasteiger partial charge in [-0.1, -0.05) is 78.9 Å². The minimum absolute atomic E-state index is 0.535. The summed E-state index contributed by atoms with van der Waals surface area (Å²) in [5.41, 5.74) is 4.11. The number of hydrogen-bond acceptors (Lipinski definition) is 3. The molecule has 1 atom stereocenters. The van der Waals surface area contributed by atoms with Crippen molar-refractivity contribution in [1.29, 1.82) is 0 Å². The smallest absolute Gasteiger partial charge is 0.122 e. The van der Waals surface area contributed by atoms with E-state index < -0.39 is 0 Å². The number of nitrogens with zero attached hydrogens (tertiary/aromatic N) is 2. The van der Waals surface area contributed by atoms with Gasteiger partial charge in [-0.05, 0) is 35.6 Å². The van der Waals surface area contributed by atoms with Gasteiger partial charge in [0.1, 0.15) is 5.75 Å². The summed E-state index contributed by atoms with van der Waals surface area (Å²) in [6.45, 7) is 5.39. The number of ether oxygens (including phenoxy) is 1. The fraction of sp³-hybridized carbons (Fsp3) is 0.333. The summed E-state index contributed by atoms with van der Waals surface area (Å²) < 4.78 is 5.58. The summed E-state index contributed by atoms with van der Waals surface area (Å²) in [5.74, 6) is 1.00. The predicted molar refractivity (Wildman–Crippen MR) is 124 cm³/mol. The molecule has 1 heterocycles. The highest BCUT2D eigenvalue weighted by Crippen LogP contribution is 2.24. The van der Waals surface area contributed by atoms with Gasteiger partial charge in [0, 0.05) is 38.8 Å². The van der Waals surface area contributed by atoms with Gasteiger partial charge in [0.25, 0.3) is 0 Å². The standard InChI is InChI=1S/C27H32N2O/c1-30-27-15-9-8-14-25(27)16-17-26-22-28(20-23-10-4-2-5-11-23)18-19-29(26)21-24-12-6-3-7-13-24/h2-15,26H,16-22H2,1H3. The summed E-state index contributed by atoms with van der Waals surface area (Å²) in [5, 5.41) is 0. The van der Waals surface area contributed by atoms with Crippen molar-refractivity contribution in [2.75, 3.05) is 26.7 Å². The molecule has 0 aliphatic carbocycles. The van der Waals surface area contributed by atoms with Crippen LogP contribution in [0.15, 0.2) is 84.9 Å². The zero-order valence-corrected chi connectivity index (χ0v) is 17.9. The highest BCUT2D eigenvalue weighted by molar-refractivity contribution is 5.33. The fourth-order valence-corrected chi connectivity index (χ4v) is 4.47. The average molecular weight is 401 g/mol. The summed E-state index contributed by atoms with van der Waals surface area (Å²) in [6, 6.07) is 30.7. The highest BCUT2D eigenvalue weighted by Gasteiger charge is 2.27. The Morgan fingerprint density at radius 3 is 2.10 bits per heavy atom. The minimum atomic E-state index is 0.535. The van der Waals surface area contributed by atoms with Crippen LogP contribution in [0.25, 0.3) is 0 Å². The molecule has 1 fully saturated rings. The van der Waals surface area contributed by atoms with E-state index in [1.54, 1.807) is 7.11 Å². The molecule has 30 heavy (non-hydrogen) atoms. The van der Waals surface area contributed by atoms with Gasteiger partial charge >= 0.3 is 0 Å². The lowest BCUT2D eigenvalue weighted by Gasteiger charge is -2.42. The normalized spacial score (nSPS) is 17.7. The van der Waals surface area contributed by atoms with Crippen LogP contribution in [-0.2, 0) is 19.5 Å². The van der Waals surface area contributed by atoms with Gasteiger partial charge in [-0.3, -0.25) is 9.80 Å². The third-order valence-electron chi connectivity index (χ3n) is 6.11. The number of aryl methyl sites for hydroxylation is 1. The van der Waals surface area contributed by atoms with Gasteiger partial charge in [0.15, 0.2) is 0 Å². The number of hydrogen-bond donors (Lipinski definition) is 0. The van der Waals surface area contributed by atoms with E-state index >= 15 is 0 Å². The highest BCUT2D eigenvalue weighted by atomic mass is 16.5. The molecule has 4 rings (SSSR count). The Labute approximate surface area is 180 Å². The SMILES string of the molecule is COc1ccccc1CCC1CN(Cc2ccccc2)CCN1Cc1ccccc1. The molecule has 1 aliphatic rings. The first-order valence-corrected chi connectivity index (χ1v) is 11.0. The quantitative estimate of drug-likeness (QED) is 0.528. The number of para-hydroxylation sites is 1. The first kappa shape index (κ1) is 20.6. The van der Waals surface area contributed by atoms with Gasteiger partial charge in [-0.25, -0.2) is 0 Å². The third-order valence-corrected chi connectivity index (χ3v) is 6.11. The third kappa shape index (κ3) is 5.50. The maximum atomic E-state index is 5.58. The molecule has 3 nitrogen and oxygen atoms in total. The van der Waals surface area contributed by atoms with E-state index in [2.05, 4.69) is 88.7 Å². The van der Waals surface area contributed by atoms with Crippen molar-refractivity contribution in [2.45, 2.75) is 32.0 Å². The average Bonchev–Trinajstić information content (AvgIpc) is 2.80. The van der Waals surface area contributed by atoms with Crippen LogP contribution in [0.2, 0.25) is 0 Å². The molecule has 1 saturated heterocycles. The van der Waals surface area contributed by atoms with Crippen molar-refractivity contribution in [2.24, 2.45) is 0 Å². The topological polar surface area (TPSA) is 15.7 Å². The van der Waals surface area contributed by atoms with Crippen molar-refractivity contribution in [1.82, 2.24) is 9.80 Å². The van der Waals surface area contributed by atoms with Crippen molar-refractivity contribution in [3.63, 3.8) is 0 Å². The molecule has 0 spiro atoms. The molecule has 0 N–H and O–H groups in total. The number of piperazine rings is 1. The van der Waals surface area contributed by atoms with Crippen LogP contribution >= 0.6 is 0 Å². The van der Waals surface area contributed by atoms with E-state index in [1.165, 1.54) is 16.7 Å². The van der Waals surface area contributed by atoms with Crippen molar-refractivity contribution < 1.29 is 4.74 Å². The Kier molecular flexibility index (Phi) is 7.17. The zero-order valence-electron chi connectivity index (χ0n) is 17.9. The second kappa shape index (κ2) is 10.4. The van der Waals surface area contributed by atoms with Crippen molar-refractivity contribution in [3.05, 3.63) is 102 Å². The monoisotopic (exact) mass is 400 g/mol. The fourth-order valence-electron chi connectivity index (χ4n) is 4.47. The lowest BCUT2D eigenvalue weighted by molar-refractivity contribution is 0.0596. The van der Waals surface area contributed by atoms with Gasteiger partial charge in [0.05, 0.1) is 7.11 Å². The van der Waals surface area contributed by atoms with Crippen molar-refractivity contribution in [3.8, 4) is 5.75 Å². The Bertz CT molecular complexity index is 897. The first-order chi connectivity index (χ1) is 14.8. The van der Waals surface area contributed by atoms with E-state index in [0.717, 1.165) is 51.3 Å². The molecular formula is C27H32N2O. The molecule has 3 aromatic carbocycles. The van der Waals surface area contributed by atoms with E-state index in [-0.39, 0.29) is 0 Å². The van der Waals surface area contributed by atoms with Crippen LogP contribution < -0.4 is 4.74 Å². The minimum Gasteiger partial charge on any atom is -0.496 e. The molecule has 3 heteroatoms. The van der Waals surface area contributed by atoms with Crippen LogP contribution in [0, 0.1) is 0 Å². The Morgan fingerprint density at radius 1 is 0.767 bits per heavy atom. The van der Waals surface area contributed by atoms with Crippen LogP contribution in [0.1, 0.15) is 23.1 Å². The van der Waals surface area contributed by atoms with Gasteiger partial charge < -0.3 is 4.74 Å². The van der Waals surface area contributed by atoms with E-state index in [9.17, 15) is 0 Å². The molecule has 0 radical (unpaired) electrons. The van der Waals surface area contributed by atoms with Crippen molar-refractivity contribution >= 4 is 0 Å². The maximum Gasteiger partial charge on any atom is 0.122 e. The Morgan fingerprint density at radius 2 is 1.40 bits per heavy atom. The second-order valence-electron chi connectivity index (χ2n) is 8.18. The molecule has 1 unspecified atom stereocenters. The molecule has 156 valence electrons. The summed E-state index contributed by atoms with van der Waals surface area (Å²) in [6.07, 6.45) is 2.18. The van der Waals surface area contributed by atoms with Crippen LogP contribution in [0.5, 0.6) is 5.75 Å². The molecule has 0 aromatic heterocycles. The van der Waals surface area contributed by atoms with E-state index in [0.29, 0.717) is 6.04 Å². The lowest BCUT2D eigenvalue weighted by atomic mass is 10.00. The Hall–Kier alpha value is -2.62. The molecule has 3 aromatic rings. The molecule has 0 amide bonds. The maximum absolute atomic E-state index is 5.58. The predicted octanol–water partition coefficient (Wildman–Crippen LogP) is 5.01. The molecular weight excluding hydrogens is 368 g/mol. The Balaban J connectivity index is 1.45. The summed E-state index contributed by atoms with van der Waals surface area (Å²) in [7, 11) is 1.77.